The first-order valence-electron chi connectivity index (χ1n) is 7.23. The summed E-state index contributed by atoms with van der Waals surface area (Å²) in [5, 5.41) is 1.38. The molecule has 0 bridgehead atoms. The Balaban J connectivity index is 1.80. The molecule has 0 aliphatic rings. The minimum Gasteiger partial charge on any atom is -0.451 e. The molecule has 2 aromatic carbocycles. The fraction of sp³-hybridized carbons (Fsp3) is 0.111. The van der Waals surface area contributed by atoms with Gasteiger partial charge in [-0.25, -0.2) is 4.79 Å². The molecule has 0 radical (unpaired) electrons. The molecule has 0 aliphatic carbocycles. The number of ether oxygens (including phenoxy) is 1. The summed E-state index contributed by atoms with van der Waals surface area (Å²) in [5.74, 6) is -0.955. The van der Waals surface area contributed by atoms with Gasteiger partial charge < -0.3 is 9.72 Å². The van der Waals surface area contributed by atoms with Crippen LogP contribution in [0.15, 0.2) is 48.7 Å². The van der Waals surface area contributed by atoms with Gasteiger partial charge in [0.2, 0.25) is 5.78 Å². The Bertz CT molecular complexity index is 933. The van der Waals surface area contributed by atoms with Gasteiger partial charge in [0.05, 0.1) is 10.6 Å². The largest absolute Gasteiger partial charge is 0.451 e. The predicted octanol–water partition coefficient (Wildman–Crippen LogP) is 4.90. The number of Topliss-reactive ketones (excluding diaryl/α,β-unsaturated/α-hetero) is 1. The molecular formula is C18H13Cl2NO3. The first-order valence-corrected chi connectivity index (χ1v) is 7.99. The number of esters is 1. The highest BCUT2D eigenvalue weighted by Gasteiger charge is 2.23. The summed E-state index contributed by atoms with van der Waals surface area (Å²) in [6, 6.07) is 11.9. The van der Waals surface area contributed by atoms with Crippen LogP contribution in [0.5, 0.6) is 0 Å². The molecule has 0 spiro atoms. The summed E-state index contributed by atoms with van der Waals surface area (Å²) in [6.07, 6.45) is 0.676. The molecule has 24 heavy (non-hydrogen) atoms. The van der Waals surface area contributed by atoms with Crippen molar-refractivity contribution in [3.05, 3.63) is 69.8 Å². The number of para-hydroxylation sites is 1. The summed E-state index contributed by atoms with van der Waals surface area (Å²) >= 11 is 11.8. The lowest BCUT2D eigenvalue weighted by molar-refractivity contribution is 0.0319. The van der Waals surface area contributed by atoms with E-state index in [4.69, 9.17) is 27.9 Å². The number of aromatic amines is 1. The molecule has 0 fully saturated rings. The van der Waals surface area contributed by atoms with E-state index < -0.39 is 12.1 Å². The van der Waals surface area contributed by atoms with Gasteiger partial charge in [0.1, 0.15) is 0 Å². The summed E-state index contributed by atoms with van der Waals surface area (Å²) in [7, 11) is 0. The van der Waals surface area contributed by atoms with Crippen molar-refractivity contribution >= 4 is 45.9 Å². The van der Waals surface area contributed by atoms with Crippen LogP contribution < -0.4 is 0 Å². The highest BCUT2D eigenvalue weighted by molar-refractivity contribution is 6.36. The third-order valence-corrected chi connectivity index (χ3v) is 4.21. The Kier molecular flexibility index (Phi) is 4.60. The van der Waals surface area contributed by atoms with Gasteiger partial charge in [0.25, 0.3) is 0 Å². The highest BCUT2D eigenvalue weighted by atomic mass is 35.5. The first-order chi connectivity index (χ1) is 11.5. The maximum Gasteiger partial charge on any atom is 0.340 e. The number of carbonyl (C=O) groups excluding carboxylic acids is 2. The van der Waals surface area contributed by atoms with Crippen molar-refractivity contribution in [2.24, 2.45) is 0 Å². The molecule has 3 rings (SSSR count). The van der Waals surface area contributed by atoms with E-state index in [0.29, 0.717) is 10.6 Å². The SMILES string of the molecule is C[C@@H](OC(=O)c1ccc(Cl)cc1Cl)C(=O)c1c[nH]c2ccccc12. The first kappa shape index (κ1) is 16.6. The quantitative estimate of drug-likeness (QED) is 0.530. The van der Waals surface area contributed by atoms with Gasteiger partial charge in [-0.15, -0.1) is 0 Å². The van der Waals surface area contributed by atoms with E-state index in [-0.39, 0.29) is 16.4 Å². The number of H-pyrrole nitrogens is 1. The minimum atomic E-state index is -0.941. The normalized spacial score (nSPS) is 12.1. The molecule has 1 atom stereocenters. The molecule has 1 N–H and O–H groups in total. The standard InChI is InChI=1S/C18H13Cl2NO3/c1-10(24-18(23)13-7-6-11(19)8-15(13)20)17(22)14-9-21-16-5-3-2-4-12(14)16/h2-10,21H,1H3/t10-/m1/s1. The van der Waals surface area contributed by atoms with E-state index in [9.17, 15) is 9.59 Å². The Morgan fingerprint density at radius 1 is 1.08 bits per heavy atom. The molecule has 6 heteroatoms. The van der Waals surface area contributed by atoms with Crippen molar-refractivity contribution in [1.82, 2.24) is 4.98 Å². The minimum absolute atomic E-state index is 0.166. The third kappa shape index (κ3) is 3.16. The van der Waals surface area contributed by atoms with Gasteiger partial charge in [-0.3, -0.25) is 4.79 Å². The van der Waals surface area contributed by atoms with Crippen molar-refractivity contribution in [1.29, 1.82) is 0 Å². The average Bonchev–Trinajstić information content (AvgIpc) is 2.97. The fourth-order valence-corrected chi connectivity index (χ4v) is 2.91. The van der Waals surface area contributed by atoms with Crippen LogP contribution in [0.4, 0.5) is 0 Å². The number of halogens is 2. The predicted molar refractivity (Wildman–Crippen MR) is 94.0 cm³/mol. The lowest BCUT2D eigenvalue weighted by atomic mass is 10.1. The number of rotatable bonds is 4. The van der Waals surface area contributed by atoms with Crippen LogP contribution in [0.3, 0.4) is 0 Å². The second-order valence-electron chi connectivity index (χ2n) is 5.28. The molecule has 1 aromatic heterocycles. The van der Waals surface area contributed by atoms with E-state index in [1.807, 2.05) is 24.3 Å². The number of fused-ring (bicyclic) bond motifs is 1. The van der Waals surface area contributed by atoms with Crippen molar-refractivity contribution in [2.45, 2.75) is 13.0 Å². The van der Waals surface area contributed by atoms with Crippen molar-refractivity contribution in [3.8, 4) is 0 Å². The Morgan fingerprint density at radius 2 is 1.83 bits per heavy atom. The van der Waals surface area contributed by atoms with E-state index in [2.05, 4.69) is 4.98 Å². The zero-order valence-corrected chi connectivity index (χ0v) is 14.2. The van der Waals surface area contributed by atoms with Crippen LogP contribution in [0, 0.1) is 0 Å². The third-order valence-electron chi connectivity index (χ3n) is 3.66. The molecule has 4 nitrogen and oxygen atoms in total. The molecule has 0 saturated carbocycles. The number of carbonyl (C=O) groups is 2. The molecular weight excluding hydrogens is 349 g/mol. The van der Waals surface area contributed by atoms with Crippen LogP contribution in [0.2, 0.25) is 10.0 Å². The smallest absolute Gasteiger partial charge is 0.340 e. The zero-order chi connectivity index (χ0) is 17.3. The van der Waals surface area contributed by atoms with Crippen molar-refractivity contribution < 1.29 is 14.3 Å². The molecule has 0 aliphatic heterocycles. The Labute approximate surface area is 148 Å². The van der Waals surface area contributed by atoms with Gasteiger partial charge >= 0.3 is 5.97 Å². The van der Waals surface area contributed by atoms with Crippen molar-refractivity contribution in [2.75, 3.05) is 0 Å². The Hall–Kier alpha value is -2.30. The maximum absolute atomic E-state index is 12.6. The molecule has 0 unspecified atom stereocenters. The molecule has 1 heterocycles. The zero-order valence-electron chi connectivity index (χ0n) is 12.7. The number of nitrogens with one attached hydrogen (secondary N) is 1. The monoisotopic (exact) mass is 361 g/mol. The van der Waals surface area contributed by atoms with Gasteiger partial charge in [0.15, 0.2) is 6.10 Å². The lowest BCUT2D eigenvalue weighted by Gasteiger charge is -2.12. The van der Waals surface area contributed by atoms with E-state index in [1.165, 1.54) is 25.1 Å². The summed E-state index contributed by atoms with van der Waals surface area (Å²) in [5.41, 5.74) is 1.49. The van der Waals surface area contributed by atoms with Gasteiger partial charge in [0, 0.05) is 27.7 Å². The van der Waals surface area contributed by atoms with Crippen LogP contribution in [0.1, 0.15) is 27.6 Å². The number of aromatic nitrogens is 1. The topological polar surface area (TPSA) is 59.2 Å². The van der Waals surface area contributed by atoms with Crippen molar-refractivity contribution in [3.63, 3.8) is 0 Å². The van der Waals surface area contributed by atoms with Crippen LogP contribution in [-0.4, -0.2) is 22.8 Å². The maximum atomic E-state index is 12.6. The number of ketones is 1. The van der Waals surface area contributed by atoms with Gasteiger partial charge in [-0.05, 0) is 31.2 Å². The molecule has 122 valence electrons. The molecule has 0 saturated heterocycles. The summed E-state index contributed by atoms with van der Waals surface area (Å²) in [4.78, 5) is 27.8. The van der Waals surface area contributed by atoms with Crippen LogP contribution in [-0.2, 0) is 4.74 Å². The van der Waals surface area contributed by atoms with E-state index in [0.717, 1.165) is 10.9 Å². The number of hydrogen-bond acceptors (Lipinski definition) is 3. The average molecular weight is 362 g/mol. The summed E-state index contributed by atoms with van der Waals surface area (Å²) < 4.78 is 5.26. The highest BCUT2D eigenvalue weighted by Crippen LogP contribution is 2.23. The Morgan fingerprint density at radius 3 is 2.58 bits per heavy atom. The van der Waals surface area contributed by atoms with Gasteiger partial charge in [-0.2, -0.15) is 0 Å². The van der Waals surface area contributed by atoms with Gasteiger partial charge in [-0.1, -0.05) is 41.4 Å². The summed E-state index contributed by atoms with van der Waals surface area (Å²) in [6.45, 7) is 1.53. The fourth-order valence-electron chi connectivity index (χ4n) is 2.43. The van der Waals surface area contributed by atoms with Crippen LogP contribution in [0.25, 0.3) is 10.9 Å². The second-order valence-corrected chi connectivity index (χ2v) is 6.13. The number of hydrogen-bond donors (Lipinski definition) is 1. The number of benzene rings is 2. The van der Waals surface area contributed by atoms with E-state index >= 15 is 0 Å². The lowest BCUT2D eigenvalue weighted by Crippen LogP contribution is -2.24. The molecule has 0 amide bonds. The second kappa shape index (κ2) is 6.67. The molecule has 3 aromatic rings. The van der Waals surface area contributed by atoms with E-state index in [1.54, 1.807) is 6.20 Å². The van der Waals surface area contributed by atoms with Crippen LogP contribution >= 0.6 is 23.2 Å².